The molecule has 0 atom stereocenters. The summed E-state index contributed by atoms with van der Waals surface area (Å²) in [6, 6.07) is 0. The molecule has 20 heavy (non-hydrogen) atoms. The summed E-state index contributed by atoms with van der Waals surface area (Å²) in [7, 11) is 1.69. The first-order chi connectivity index (χ1) is 9.29. The number of alkyl halides is 3. The Morgan fingerprint density at radius 3 is 2.45 bits per heavy atom. The van der Waals surface area contributed by atoms with Gasteiger partial charge in [-0.25, -0.2) is 0 Å². The molecule has 3 aromatic rings. The Bertz CT molecular complexity index is 801. The zero-order valence-electron chi connectivity index (χ0n) is 10.1. The van der Waals surface area contributed by atoms with Crippen molar-refractivity contribution in [1.29, 1.82) is 0 Å². The highest BCUT2D eigenvalue weighted by Gasteiger charge is 2.38. The molecule has 3 rings (SSSR count). The summed E-state index contributed by atoms with van der Waals surface area (Å²) in [6.07, 6.45) is -4.62. The van der Waals surface area contributed by atoms with Gasteiger partial charge in [-0.15, -0.1) is 10.2 Å². The number of hydrogen-bond donors (Lipinski definition) is 0. The van der Waals surface area contributed by atoms with Crippen molar-refractivity contribution in [2.75, 3.05) is 0 Å². The molecule has 0 saturated carbocycles. The molecule has 0 aliphatic rings. The number of fused-ring (bicyclic) bond motifs is 1. The quantitative estimate of drug-likeness (QED) is 0.691. The lowest BCUT2D eigenvalue weighted by Crippen LogP contribution is -2.11. The molecule has 0 radical (unpaired) electrons. The standard InChI is InChI=1S/C9H6ClF3N6S/c1-3-4(10)5(16-18(3)2)6-17-19-7(9(11,12)13)14-15-8(19)20-6/h1-2H3. The van der Waals surface area contributed by atoms with E-state index in [0.717, 1.165) is 11.3 Å². The van der Waals surface area contributed by atoms with Crippen LogP contribution in [0.5, 0.6) is 0 Å². The van der Waals surface area contributed by atoms with Gasteiger partial charge in [-0.1, -0.05) is 22.9 Å². The average molecular weight is 323 g/mol. The Hall–Kier alpha value is -1.68. The third-order valence-electron chi connectivity index (χ3n) is 2.71. The number of nitrogens with zero attached hydrogens (tertiary/aromatic N) is 6. The van der Waals surface area contributed by atoms with Crippen molar-refractivity contribution >= 4 is 27.9 Å². The summed E-state index contributed by atoms with van der Waals surface area (Å²) in [5, 5.41) is 15.1. The van der Waals surface area contributed by atoms with E-state index in [1.54, 1.807) is 14.0 Å². The minimum Gasteiger partial charge on any atom is -0.271 e. The van der Waals surface area contributed by atoms with Crippen LogP contribution in [0.25, 0.3) is 15.7 Å². The van der Waals surface area contributed by atoms with E-state index >= 15 is 0 Å². The van der Waals surface area contributed by atoms with Crippen LogP contribution in [-0.2, 0) is 13.2 Å². The summed E-state index contributed by atoms with van der Waals surface area (Å²) < 4.78 is 40.3. The Kier molecular flexibility index (Phi) is 2.77. The molecule has 0 fully saturated rings. The van der Waals surface area contributed by atoms with E-state index in [4.69, 9.17) is 11.6 Å². The van der Waals surface area contributed by atoms with Crippen molar-refractivity contribution in [2.24, 2.45) is 7.05 Å². The van der Waals surface area contributed by atoms with Gasteiger partial charge in [0.1, 0.15) is 5.69 Å². The van der Waals surface area contributed by atoms with Crippen LogP contribution < -0.4 is 0 Å². The molecule has 6 nitrogen and oxygen atoms in total. The van der Waals surface area contributed by atoms with E-state index in [-0.39, 0.29) is 9.97 Å². The first-order valence-electron chi connectivity index (χ1n) is 5.28. The lowest BCUT2D eigenvalue weighted by molar-refractivity contribution is -0.146. The summed E-state index contributed by atoms with van der Waals surface area (Å²) in [4.78, 5) is 0.0340. The Morgan fingerprint density at radius 2 is 1.90 bits per heavy atom. The minimum atomic E-state index is -4.62. The van der Waals surface area contributed by atoms with Crippen molar-refractivity contribution in [3.63, 3.8) is 0 Å². The molecule has 3 aromatic heterocycles. The second-order valence-corrected chi connectivity index (χ2v) is 5.33. The molecule has 0 aliphatic heterocycles. The second-order valence-electron chi connectivity index (χ2n) is 3.99. The Morgan fingerprint density at radius 1 is 1.20 bits per heavy atom. The maximum Gasteiger partial charge on any atom is 0.453 e. The van der Waals surface area contributed by atoms with Gasteiger partial charge < -0.3 is 0 Å². The smallest absolute Gasteiger partial charge is 0.271 e. The predicted molar refractivity (Wildman–Crippen MR) is 65.6 cm³/mol. The van der Waals surface area contributed by atoms with Crippen LogP contribution in [0.15, 0.2) is 0 Å². The first-order valence-corrected chi connectivity index (χ1v) is 6.47. The van der Waals surface area contributed by atoms with E-state index in [1.807, 2.05) is 0 Å². The van der Waals surface area contributed by atoms with E-state index < -0.39 is 12.0 Å². The van der Waals surface area contributed by atoms with Gasteiger partial charge in [-0.05, 0) is 6.92 Å². The lowest BCUT2D eigenvalue weighted by atomic mass is 10.4. The molecule has 0 aliphatic carbocycles. The molecular formula is C9H6ClF3N6S. The van der Waals surface area contributed by atoms with Gasteiger partial charge in [0.15, 0.2) is 5.01 Å². The summed E-state index contributed by atoms with van der Waals surface area (Å²) >= 11 is 7.03. The summed E-state index contributed by atoms with van der Waals surface area (Å²) in [5.74, 6) is -1.17. The highest BCUT2D eigenvalue weighted by Crippen LogP contribution is 2.34. The van der Waals surface area contributed by atoms with Crippen LogP contribution in [0, 0.1) is 6.92 Å². The fourth-order valence-corrected chi connectivity index (χ4v) is 2.74. The normalized spacial score (nSPS) is 12.5. The molecule has 0 N–H and O–H groups in total. The fraction of sp³-hybridized carbons (Fsp3) is 0.333. The average Bonchev–Trinajstić information content (AvgIpc) is 2.96. The first kappa shape index (κ1) is 13.3. The summed E-state index contributed by atoms with van der Waals surface area (Å²) in [5.41, 5.74) is 1.03. The van der Waals surface area contributed by atoms with Crippen molar-refractivity contribution < 1.29 is 13.2 Å². The summed E-state index contributed by atoms with van der Waals surface area (Å²) in [6.45, 7) is 1.75. The maximum atomic E-state index is 12.7. The van der Waals surface area contributed by atoms with Gasteiger partial charge in [0.25, 0.3) is 5.82 Å². The molecular weight excluding hydrogens is 317 g/mol. The topological polar surface area (TPSA) is 60.9 Å². The van der Waals surface area contributed by atoms with Gasteiger partial charge in [0.2, 0.25) is 4.96 Å². The molecule has 0 amide bonds. The second kappa shape index (κ2) is 4.16. The van der Waals surface area contributed by atoms with Crippen molar-refractivity contribution in [3.05, 3.63) is 16.5 Å². The van der Waals surface area contributed by atoms with Crippen LogP contribution in [0.1, 0.15) is 11.5 Å². The maximum absolute atomic E-state index is 12.7. The van der Waals surface area contributed by atoms with Crippen molar-refractivity contribution in [2.45, 2.75) is 13.1 Å². The molecule has 0 unspecified atom stereocenters. The highest BCUT2D eigenvalue weighted by molar-refractivity contribution is 7.19. The molecule has 106 valence electrons. The Labute approximate surface area is 118 Å². The van der Waals surface area contributed by atoms with Crippen LogP contribution in [0.3, 0.4) is 0 Å². The van der Waals surface area contributed by atoms with E-state index in [9.17, 15) is 13.2 Å². The van der Waals surface area contributed by atoms with Gasteiger partial charge in [-0.2, -0.15) is 27.9 Å². The molecule has 11 heteroatoms. The SMILES string of the molecule is Cc1c(Cl)c(-c2nn3c(C(F)(F)F)nnc3s2)nn1C. The third-order valence-corrected chi connectivity index (χ3v) is 4.07. The fourth-order valence-electron chi connectivity index (χ4n) is 1.61. The monoisotopic (exact) mass is 322 g/mol. The molecule has 0 saturated heterocycles. The predicted octanol–water partition coefficient (Wildman–Crippen LogP) is 2.57. The number of aromatic nitrogens is 6. The Balaban J connectivity index is 2.19. The lowest BCUT2D eigenvalue weighted by Gasteiger charge is -1.99. The van der Waals surface area contributed by atoms with Crippen LogP contribution in [0.4, 0.5) is 13.2 Å². The molecule has 0 bridgehead atoms. The van der Waals surface area contributed by atoms with E-state index in [0.29, 0.717) is 20.9 Å². The minimum absolute atomic E-state index is 0.0340. The largest absolute Gasteiger partial charge is 0.453 e. The van der Waals surface area contributed by atoms with Gasteiger partial charge in [-0.3, -0.25) is 4.68 Å². The third kappa shape index (κ3) is 1.86. The van der Waals surface area contributed by atoms with E-state index in [1.165, 1.54) is 4.68 Å². The van der Waals surface area contributed by atoms with Gasteiger partial charge in [0.05, 0.1) is 10.7 Å². The number of rotatable bonds is 1. The van der Waals surface area contributed by atoms with Crippen LogP contribution in [-0.4, -0.2) is 29.6 Å². The number of halogens is 4. The zero-order chi connectivity index (χ0) is 14.7. The van der Waals surface area contributed by atoms with E-state index in [2.05, 4.69) is 20.4 Å². The number of hydrogen-bond acceptors (Lipinski definition) is 5. The zero-order valence-corrected chi connectivity index (χ0v) is 11.7. The van der Waals surface area contributed by atoms with Crippen LogP contribution in [0.2, 0.25) is 5.02 Å². The van der Waals surface area contributed by atoms with Crippen molar-refractivity contribution in [3.8, 4) is 10.7 Å². The highest BCUT2D eigenvalue weighted by atomic mass is 35.5. The molecule has 0 aromatic carbocycles. The van der Waals surface area contributed by atoms with Crippen LogP contribution >= 0.6 is 22.9 Å². The van der Waals surface area contributed by atoms with Gasteiger partial charge >= 0.3 is 6.18 Å². The molecule has 0 spiro atoms. The number of aryl methyl sites for hydroxylation is 1. The van der Waals surface area contributed by atoms with Crippen molar-refractivity contribution in [1.82, 2.24) is 29.6 Å². The van der Waals surface area contributed by atoms with Gasteiger partial charge in [0, 0.05) is 7.05 Å². The molecule has 3 heterocycles.